The second-order valence-electron chi connectivity index (χ2n) is 1.55. The first-order valence-corrected chi connectivity index (χ1v) is 2.46. The van der Waals surface area contributed by atoms with Crippen molar-refractivity contribution in [2.45, 2.75) is 6.42 Å². The summed E-state index contributed by atoms with van der Waals surface area (Å²) in [7, 11) is 0. The molecule has 0 spiro atoms. The Balaban J connectivity index is 2.39. The molecule has 0 aromatic heterocycles. The van der Waals surface area contributed by atoms with E-state index in [-0.39, 0.29) is 0 Å². The standard InChI is InChI=1S/C5H7N3/c1-2-3-5-4-6-8-7-5/h2H,1,3-4H2. The summed E-state index contributed by atoms with van der Waals surface area (Å²) < 4.78 is 0. The Bertz CT molecular complexity index is 146. The molecule has 3 heteroatoms. The minimum absolute atomic E-state index is 0.659. The summed E-state index contributed by atoms with van der Waals surface area (Å²) >= 11 is 0. The van der Waals surface area contributed by atoms with Crippen LogP contribution in [0.2, 0.25) is 0 Å². The fourth-order valence-corrected chi connectivity index (χ4v) is 0.512. The summed E-state index contributed by atoms with van der Waals surface area (Å²) in [6, 6.07) is 0. The van der Waals surface area contributed by atoms with Crippen molar-refractivity contribution in [1.29, 1.82) is 0 Å². The normalized spacial score (nSPS) is 16.2. The zero-order valence-electron chi connectivity index (χ0n) is 4.54. The number of hydrogen-bond acceptors (Lipinski definition) is 3. The average molecular weight is 109 g/mol. The van der Waals surface area contributed by atoms with Crippen LogP contribution in [0.5, 0.6) is 0 Å². The summed E-state index contributed by atoms with van der Waals surface area (Å²) in [6.07, 6.45) is 2.61. The molecule has 0 amide bonds. The van der Waals surface area contributed by atoms with Gasteiger partial charge in [-0.1, -0.05) is 6.08 Å². The van der Waals surface area contributed by atoms with Gasteiger partial charge < -0.3 is 0 Å². The van der Waals surface area contributed by atoms with Crippen LogP contribution in [0.15, 0.2) is 28.1 Å². The molecule has 0 fully saturated rings. The third-order valence-corrected chi connectivity index (χ3v) is 0.883. The van der Waals surface area contributed by atoms with Crippen LogP contribution in [-0.2, 0) is 0 Å². The van der Waals surface area contributed by atoms with Crippen LogP contribution in [0.3, 0.4) is 0 Å². The predicted octanol–water partition coefficient (Wildman–Crippen LogP) is 1.38. The smallest absolute Gasteiger partial charge is 0.103 e. The summed E-state index contributed by atoms with van der Waals surface area (Å²) in [5.74, 6) is 0. The SMILES string of the molecule is C=CCC1=NN=NC1. The van der Waals surface area contributed by atoms with Gasteiger partial charge in [-0.2, -0.15) is 5.11 Å². The van der Waals surface area contributed by atoms with Crippen LogP contribution in [0, 0.1) is 0 Å². The third kappa shape index (κ3) is 0.992. The van der Waals surface area contributed by atoms with E-state index in [1.807, 2.05) is 0 Å². The lowest BCUT2D eigenvalue weighted by atomic mass is 10.3. The van der Waals surface area contributed by atoms with Gasteiger partial charge in [0.15, 0.2) is 0 Å². The first-order valence-electron chi connectivity index (χ1n) is 2.46. The highest BCUT2D eigenvalue weighted by molar-refractivity contribution is 5.88. The average Bonchev–Trinajstić information content (AvgIpc) is 2.19. The van der Waals surface area contributed by atoms with E-state index in [1.54, 1.807) is 6.08 Å². The second-order valence-corrected chi connectivity index (χ2v) is 1.55. The Hall–Kier alpha value is -0.990. The van der Waals surface area contributed by atoms with Crippen LogP contribution in [0.1, 0.15) is 6.42 Å². The van der Waals surface area contributed by atoms with Crippen molar-refractivity contribution >= 4 is 5.71 Å². The van der Waals surface area contributed by atoms with Crippen LogP contribution in [-0.4, -0.2) is 12.3 Å². The van der Waals surface area contributed by atoms with Crippen molar-refractivity contribution in [2.24, 2.45) is 15.4 Å². The molecule has 0 bridgehead atoms. The maximum atomic E-state index is 3.73. The third-order valence-electron chi connectivity index (χ3n) is 0.883. The number of nitrogens with zero attached hydrogens (tertiary/aromatic N) is 3. The minimum atomic E-state index is 0.659. The molecule has 0 saturated carbocycles. The van der Waals surface area contributed by atoms with E-state index in [9.17, 15) is 0 Å². The maximum absolute atomic E-state index is 3.73. The van der Waals surface area contributed by atoms with Gasteiger partial charge in [-0.15, -0.1) is 11.7 Å². The molecule has 1 rings (SSSR count). The van der Waals surface area contributed by atoms with Gasteiger partial charge in [0.2, 0.25) is 0 Å². The van der Waals surface area contributed by atoms with Crippen molar-refractivity contribution in [1.82, 2.24) is 0 Å². The molecule has 1 heterocycles. The summed E-state index contributed by atoms with van der Waals surface area (Å²) in [5, 5.41) is 10.8. The summed E-state index contributed by atoms with van der Waals surface area (Å²) in [4.78, 5) is 0. The molecule has 8 heavy (non-hydrogen) atoms. The van der Waals surface area contributed by atoms with Gasteiger partial charge in [-0.3, -0.25) is 0 Å². The second kappa shape index (κ2) is 2.35. The van der Waals surface area contributed by atoms with E-state index in [4.69, 9.17) is 0 Å². The lowest BCUT2D eigenvalue weighted by molar-refractivity contribution is 1.06. The number of hydrogen-bond donors (Lipinski definition) is 0. The highest BCUT2D eigenvalue weighted by Gasteiger charge is 1.98. The summed E-state index contributed by atoms with van der Waals surface area (Å²) in [6.45, 7) is 4.22. The molecule has 0 saturated heterocycles. The molecule has 1 aliphatic rings. The van der Waals surface area contributed by atoms with Crippen LogP contribution in [0.4, 0.5) is 0 Å². The number of rotatable bonds is 2. The van der Waals surface area contributed by atoms with E-state index >= 15 is 0 Å². The van der Waals surface area contributed by atoms with E-state index in [0.717, 1.165) is 12.1 Å². The van der Waals surface area contributed by atoms with Gasteiger partial charge in [-0.25, -0.2) is 0 Å². The Morgan fingerprint density at radius 3 is 3.12 bits per heavy atom. The lowest BCUT2D eigenvalue weighted by Gasteiger charge is -1.84. The molecule has 0 aliphatic carbocycles. The monoisotopic (exact) mass is 109 g/mol. The van der Waals surface area contributed by atoms with Gasteiger partial charge >= 0.3 is 0 Å². The molecule has 0 atom stereocenters. The first-order chi connectivity index (χ1) is 3.93. The molecule has 0 radical (unpaired) electrons. The van der Waals surface area contributed by atoms with Gasteiger partial charge in [0.05, 0.1) is 5.71 Å². The van der Waals surface area contributed by atoms with Gasteiger partial charge in [-0.05, 0) is 5.22 Å². The van der Waals surface area contributed by atoms with Gasteiger partial charge in [0.1, 0.15) is 6.54 Å². The predicted molar refractivity (Wildman–Crippen MR) is 32.0 cm³/mol. The topological polar surface area (TPSA) is 37.1 Å². The molecular weight excluding hydrogens is 102 g/mol. The molecule has 3 nitrogen and oxygen atoms in total. The summed E-state index contributed by atoms with van der Waals surface area (Å²) in [5.41, 5.74) is 1.00. The van der Waals surface area contributed by atoms with Gasteiger partial charge in [0.25, 0.3) is 0 Å². The van der Waals surface area contributed by atoms with Crippen molar-refractivity contribution in [2.75, 3.05) is 6.54 Å². The van der Waals surface area contributed by atoms with E-state index in [0.29, 0.717) is 6.54 Å². The molecule has 42 valence electrons. The Morgan fingerprint density at radius 1 is 1.75 bits per heavy atom. The van der Waals surface area contributed by atoms with Crippen LogP contribution in [0.25, 0.3) is 0 Å². The quantitative estimate of drug-likeness (QED) is 0.480. The zero-order valence-corrected chi connectivity index (χ0v) is 4.54. The zero-order chi connectivity index (χ0) is 5.82. The Morgan fingerprint density at radius 2 is 2.62 bits per heavy atom. The van der Waals surface area contributed by atoms with E-state index in [1.165, 1.54) is 0 Å². The lowest BCUT2D eigenvalue weighted by Crippen LogP contribution is -1.95. The maximum Gasteiger partial charge on any atom is 0.103 e. The van der Waals surface area contributed by atoms with Crippen LogP contribution < -0.4 is 0 Å². The molecule has 1 aliphatic heterocycles. The first kappa shape index (κ1) is 5.15. The Kier molecular flexibility index (Phi) is 1.51. The highest BCUT2D eigenvalue weighted by atomic mass is 15.4. The van der Waals surface area contributed by atoms with Crippen molar-refractivity contribution in [3.63, 3.8) is 0 Å². The van der Waals surface area contributed by atoms with Gasteiger partial charge in [0, 0.05) is 6.42 Å². The molecule has 0 aromatic carbocycles. The minimum Gasteiger partial charge on any atom is -0.163 e. The molecule has 0 unspecified atom stereocenters. The van der Waals surface area contributed by atoms with Crippen molar-refractivity contribution in [3.8, 4) is 0 Å². The number of allylic oxidation sites excluding steroid dienone is 1. The molecule has 0 aromatic rings. The molecule has 0 N–H and O–H groups in total. The van der Waals surface area contributed by atoms with E-state index in [2.05, 4.69) is 22.0 Å². The van der Waals surface area contributed by atoms with Crippen LogP contribution >= 0.6 is 0 Å². The van der Waals surface area contributed by atoms with Crippen molar-refractivity contribution in [3.05, 3.63) is 12.7 Å². The largest absolute Gasteiger partial charge is 0.163 e. The van der Waals surface area contributed by atoms with Crippen molar-refractivity contribution < 1.29 is 0 Å². The molecular formula is C5H7N3. The highest BCUT2D eigenvalue weighted by Crippen LogP contribution is 1.97. The van der Waals surface area contributed by atoms with E-state index < -0.39 is 0 Å². The fourth-order valence-electron chi connectivity index (χ4n) is 0.512. The fraction of sp³-hybridized carbons (Fsp3) is 0.400. The Labute approximate surface area is 47.8 Å².